The number of fused-ring (bicyclic) bond motifs is 1. The minimum atomic E-state index is -0.277. The first-order chi connectivity index (χ1) is 19.9. The van der Waals surface area contributed by atoms with Gasteiger partial charge in [-0.15, -0.1) is 5.10 Å². The Hall–Kier alpha value is -4.53. The van der Waals surface area contributed by atoms with Crippen LogP contribution in [0.25, 0.3) is 16.7 Å². The minimum Gasteiger partial charge on any atom is -0.335 e. The van der Waals surface area contributed by atoms with Crippen molar-refractivity contribution in [2.45, 2.75) is 59.0 Å². The third-order valence-electron chi connectivity index (χ3n) is 8.32. The Balaban J connectivity index is 1.35. The van der Waals surface area contributed by atoms with Crippen molar-refractivity contribution in [1.29, 1.82) is 0 Å². The molecule has 0 bridgehead atoms. The van der Waals surface area contributed by atoms with Crippen LogP contribution in [0.2, 0.25) is 0 Å². The first-order valence-electron chi connectivity index (χ1n) is 14.3. The highest BCUT2D eigenvalue weighted by atomic mass is 16.1. The minimum absolute atomic E-state index is 0.149. The van der Waals surface area contributed by atoms with E-state index >= 15 is 0 Å². The summed E-state index contributed by atoms with van der Waals surface area (Å²) in [7, 11) is 0. The molecule has 0 unspecified atom stereocenters. The topological polar surface area (TPSA) is 105 Å². The highest BCUT2D eigenvalue weighted by Gasteiger charge is 2.34. The molecule has 210 valence electrons. The number of para-hydroxylation sites is 3. The molecule has 2 N–H and O–H groups in total. The van der Waals surface area contributed by atoms with E-state index in [1.54, 1.807) is 0 Å². The number of amides is 1. The number of tetrazole rings is 1. The predicted molar refractivity (Wildman–Crippen MR) is 161 cm³/mol. The largest absolute Gasteiger partial charge is 0.335 e. The molecule has 3 aromatic carbocycles. The summed E-state index contributed by atoms with van der Waals surface area (Å²) in [5, 5.41) is 16.1. The van der Waals surface area contributed by atoms with Crippen LogP contribution in [0, 0.1) is 11.3 Å². The van der Waals surface area contributed by atoms with E-state index in [0.29, 0.717) is 29.5 Å². The number of aromatic amines is 1. The van der Waals surface area contributed by atoms with Gasteiger partial charge >= 0.3 is 0 Å². The van der Waals surface area contributed by atoms with Gasteiger partial charge in [0.1, 0.15) is 0 Å². The summed E-state index contributed by atoms with van der Waals surface area (Å²) in [5.74, 6) is 1.54. The van der Waals surface area contributed by atoms with Gasteiger partial charge < -0.3 is 4.90 Å². The van der Waals surface area contributed by atoms with Crippen molar-refractivity contribution in [2.75, 3.05) is 10.2 Å². The molecule has 5 aromatic rings. The van der Waals surface area contributed by atoms with Gasteiger partial charge in [-0.1, -0.05) is 68.3 Å². The Morgan fingerprint density at radius 1 is 0.951 bits per heavy atom. The maximum absolute atomic E-state index is 12.7. The van der Waals surface area contributed by atoms with Crippen molar-refractivity contribution in [3.8, 4) is 5.69 Å². The summed E-state index contributed by atoms with van der Waals surface area (Å²) in [6, 6.07) is 26.9. The van der Waals surface area contributed by atoms with E-state index in [0.717, 1.165) is 41.1 Å². The number of nitrogens with zero attached hydrogens (tertiary/aromatic N) is 6. The van der Waals surface area contributed by atoms with Crippen molar-refractivity contribution < 1.29 is 4.79 Å². The molecule has 1 fully saturated rings. The first kappa shape index (κ1) is 26.7. The second kappa shape index (κ2) is 11.2. The number of benzene rings is 3. The maximum Gasteiger partial charge on any atom is 0.270 e. The SMILES string of the molecule is CC(C)(C)C1CCC(N(Cc2ccc(C(=O)Nc3nn[nH]n3)cc2)c2nc3ccccc3n2-c2ccccc2)CC1. The summed E-state index contributed by atoms with van der Waals surface area (Å²) in [6.45, 7) is 7.77. The molecular formula is C32H36N8O. The van der Waals surface area contributed by atoms with E-state index in [2.05, 4.69) is 98.6 Å². The number of imidazole rings is 1. The standard InChI is InChI=1S/C32H36N8O/c1-32(2,3)24-17-19-25(20-18-24)39(21-22-13-15-23(16-14-22)29(41)34-30-35-37-38-36-30)31-33-27-11-7-8-12-28(27)40(31)26-9-5-4-6-10-26/h4-16,24-25H,17-21H2,1-3H3,(H2,34,35,36,37,38,41). The van der Waals surface area contributed by atoms with Crippen LogP contribution in [0.1, 0.15) is 62.4 Å². The predicted octanol–water partition coefficient (Wildman–Crippen LogP) is 6.40. The number of nitrogens with one attached hydrogen (secondary N) is 2. The Morgan fingerprint density at radius 2 is 1.66 bits per heavy atom. The Kier molecular flexibility index (Phi) is 7.26. The van der Waals surface area contributed by atoms with Gasteiger partial charge in [0.15, 0.2) is 0 Å². The second-order valence-corrected chi connectivity index (χ2v) is 12.0. The van der Waals surface area contributed by atoms with E-state index in [4.69, 9.17) is 4.98 Å². The summed E-state index contributed by atoms with van der Waals surface area (Å²) in [5.41, 5.74) is 5.13. The fraction of sp³-hybridized carbons (Fsp3) is 0.344. The van der Waals surface area contributed by atoms with Crippen LogP contribution in [0.4, 0.5) is 11.9 Å². The lowest BCUT2D eigenvalue weighted by atomic mass is 9.71. The van der Waals surface area contributed by atoms with E-state index < -0.39 is 0 Å². The molecular weight excluding hydrogens is 512 g/mol. The summed E-state index contributed by atoms with van der Waals surface area (Å²) < 4.78 is 2.29. The third kappa shape index (κ3) is 5.70. The number of anilines is 2. The zero-order valence-electron chi connectivity index (χ0n) is 23.8. The summed E-state index contributed by atoms with van der Waals surface area (Å²) >= 11 is 0. The van der Waals surface area contributed by atoms with Crippen LogP contribution >= 0.6 is 0 Å². The molecule has 2 heterocycles. The number of hydrogen-bond acceptors (Lipinski definition) is 6. The lowest BCUT2D eigenvalue weighted by Crippen LogP contribution is -2.41. The average Bonchev–Trinajstić information content (AvgIpc) is 3.64. The fourth-order valence-corrected chi connectivity index (χ4v) is 6.00. The van der Waals surface area contributed by atoms with Crippen molar-refractivity contribution in [3.63, 3.8) is 0 Å². The van der Waals surface area contributed by atoms with Gasteiger partial charge in [0.2, 0.25) is 5.95 Å². The number of hydrogen-bond donors (Lipinski definition) is 2. The number of H-pyrrole nitrogens is 1. The number of rotatable bonds is 7. The molecule has 9 heteroatoms. The van der Waals surface area contributed by atoms with Crippen molar-refractivity contribution in [2.24, 2.45) is 11.3 Å². The van der Waals surface area contributed by atoms with Crippen molar-refractivity contribution >= 4 is 28.8 Å². The van der Waals surface area contributed by atoms with Crippen molar-refractivity contribution in [3.05, 3.63) is 90.0 Å². The maximum atomic E-state index is 12.7. The van der Waals surface area contributed by atoms with Gasteiger partial charge in [-0.25, -0.2) is 4.98 Å². The van der Waals surface area contributed by atoms with Gasteiger partial charge in [-0.2, -0.15) is 5.21 Å². The second-order valence-electron chi connectivity index (χ2n) is 12.0. The quantitative estimate of drug-likeness (QED) is 0.244. The van der Waals surface area contributed by atoms with Gasteiger partial charge in [0.25, 0.3) is 11.9 Å². The Labute approximate surface area is 240 Å². The highest BCUT2D eigenvalue weighted by Crippen LogP contribution is 2.41. The van der Waals surface area contributed by atoms with Crippen LogP contribution < -0.4 is 10.2 Å². The zero-order chi connectivity index (χ0) is 28.4. The van der Waals surface area contributed by atoms with Gasteiger partial charge in [-0.3, -0.25) is 14.7 Å². The molecule has 1 aliphatic carbocycles. The van der Waals surface area contributed by atoms with E-state index in [1.807, 2.05) is 36.4 Å². The van der Waals surface area contributed by atoms with Crippen LogP contribution in [0.15, 0.2) is 78.9 Å². The highest BCUT2D eigenvalue weighted by molar-refractivity contribution is 6.03. The smallest absolute Gasteiger partial charge is 0.270 e. The molecule has 2 aromatic heterocycles. The normalized spacial score (nSPS) is 17.4. The molecule has 6 rings (SSSR count). The van der Waals surface area contributed by atoms with Crippen LogP contribution in [-0.4, -0.2) is 42.1 Å². The van der Waals surface area contributed by atoms with Gasteiger partial charge in [-0.05, 0) is 84.2 Å². The van der Waals surface area contributed by atoms with E-state index in [9.17, 15) is 4.79 Å². The lowest BCUT2D eigenvalue weighted by molar-refractivity contribution is 0.102. The zero-order valence-corrected chi connectivity index (χ0v) is 23.8. The van der Waals surface area contributed by atoms with Gasteiger partial charge in [0, 0.05) is 23.8 Å². The number of aromatic nitrogens is 6. The lowest BCUT2D eigenvalue weighted by Gasteiger charge is -2.41. The van der Waals surface area contributed by atoms with Crippen molar-refractivity contribution in [1.82, 2.24) is 30.2 Å². The molecule has 0 atom stereocenters. The molecule has 1 amide bonds. The molecule has 1 aliphatic rings. The monoisotopic (exact) mass is 548 g/mol. The summed E-state index contributed by atoms with van der Waals surface area (Å²) in [6.07, 6.45) is 4.63. The number of carbonyl (C=O) groups is 1. The van der Waals surface area contributed by atoms with E-state index in [-0.39, 0.29) is 11.9 Å². The Bertz CT molecular complexity index is 1600. The third-order valence-corrected chi connectivity index (χ3v) is 8.32. The number of carbonyl (C=O) groups excluding carboxylic acids is 1. The van der Waals surface area contributed by atoms with Gasteiger partial charge in [0.05, 0.1) is 11.0 Å². The fourth-order valence-electron chi connectivity index (χ4n) is 6.00. The molecule has 0 radical (unpaired) electrons. The van der Waals surface area contributed by atoms with Crippen LogP contribution in [0.3, 0.4) is 0 Å². The van der Waals surface area contributed by atoms with Crippen LogP contribution in [0.5, 0.6) is 0 Å². The average molecular weight is 549 g/mol. The Morgan fingerprint density at radius 3 is 2.34 bits per heavy atom. The molecule has 41 heavy (non-hydrogen) atoms. The molecule has 0 aliphatic heterocycles. The molecule has 1 saturated carbocycles. The molecule has 0 spiro atoms. The molecule has 0 saturated heterocycles. The summed E-state index contributed by atoms with van der Waals surface area (Å²) in [4.78, 5) is 20.4. The molecule has 9 nitrogen and oxygen atoms in total. The van der Waals surface area contributed by atoms with E-state index in [1.165, 1.54) is 12.8 Å². The first-order valence-corrected chi connectivity index (χ1v) is 14.3. The van der Waals surface area contributed by atoms with Crippen LogP contribution in [-0.2, 0) is 6.54 Å².